The van der Waals surface area contributed by atoms with Gasteiger partial charge in [-0.2, -0.15) is 0 Å². The Morgan fingerprint density at radius 3 is 1.91 bits per heavy atom. The number of aromatic hydroxyl groups is 1. The summed E-state index contributed by atoms with van der Waals surface area (Å²) in [7, 11) is 0. The number of anilines is 1. The normalized spacial score (nSPS) is 8.91. The van der Waals surface area contributed by atoms with E-state index in [1.54, 1.807) is 0 Å². The second-order valence-corrected chi connectivity index (χ2v) is 2.65. The first-order chi connectivity index (χ1) is 4.61. The third kappa shape index (κ3) is 2.73. The molecule has 11 heavy (non-hydrogen) atoms. The Hall–Kier alpha value is 0.400. The third-order valence-electron chi connectivity index (χ3n) is 1.04. The van der Waals surface area contributed by atoms with E-state index < -0.39 is 0 Å². The molecule has 5 heteroatoms. The molecule has 1 aromatic rings. The van der Waals surface area contributed by atoms with Crippen LogP contribution in [0.25, 0.3) is 0 Å². The van der Waals surface area contributed by atoms with Crippen molar-refractivity contribution < 1.29 is 5.11 Å². The fraction of sp³-hybridized carbons (Fsp3) is 0. The van der Waals surface area contributed by atoms with Gasteiger partial charge in [-0.3, -0.25) is 0 Å². The zero-order chi connectivity index (χ0) is 7.72. The van der Waals surface area contributed by atoms with Gasteiger partial charge in [0.2, 0.25) is 0 Å². The number of halogens is 2. The second kappa shape index (κ2) is 4.43. The maximum atomic E-state index is 9.01. The van der Waals surface area contributed by atoms with Gasteiger partial charge in [-0.05, 0) is 12.1 Å². The van der Waals surface area contributed by atoms with Crippen LogP contribution in [0.15, 0.2) is 12.1 Å². The fourth-order valence-corrected chi connectivity index (χ4v) is 1.09. The van der Waals surface area contributed by atoms with Crippen molar-refractivity contribution in [2.24, 2.45) is 0 Å². The Morgan fingerprint density at radius 2 is 1.55 bits per heavy atom. The average Bonchev–Trinajstić information content (AvgIpc) is 1.82. The van der Waals surface area contributed by atoms with E-state index in [9.17, 15) is 0 Å². The molecule has 0 saturated heterocycles. The molecule has 0 spiro atoms. The first-order valence-corrected chi connectivity index (χ1v) is 3.30. The monoisotopic (exact) mass is 201 g/mol. The van der Waals surface area contributed by atoms with Gasteiger partial charge in [0, 0.05) is 5.69 Å². The van der Waals surface area contributed by atoms with Gasteiger partial charge in [0.1, 0.15) is 0 Å². The van der Waals surface area contributed by atoms with Gasteiger partial charge in [-0.25, -0.2) is 0 Å². The first-order valence-electron chi connectivity index (χ1n) is 2.54. The minimum absolute atomic E-state index is 0. The minimum atomic E-state index is -0.127. The van der Waals surface area contributed by atoms with E-state index in [4.69, 9.17) is 34.0 Å². The van der Waals surface area contributed by atoms with Crippen LogP contribution in [0.4, 0.5) is 5.69 Å². The predicted molar refractivity (Wildman–Crippen MR) is 49.7 cm³/mol. The third-order valence-corrected chi connectivity index (χ3v) is 1.62. The molecule has 0 aliphatic heterocycles. The Balaban J connectivity index is 0.000001000. The number of hydrogen-bond donors (Lipinski definition) is 2. The Bertz CT molecular complexity index is 244. The molecule has 2 nitrogen and oxygen atoms in total. The van der Waals surface area contributed by atoms with Gasteiger partial charge < -0.3 is 10.8 Å². The number of benzene rings is 1. The Labute approximate surface area is 96.6 Å². The van der Waals surface area contributed by atoms with Crippen LogP contribution in [0, 0.1) is 0 Å². The van der Waals surface area contributed by atoms with Gasteiger partial charge in [-0.1, -0.05) is 23.2 Å². The topological polar surface area (TPSA) is 46.2 Å². The summed E-state index contributed by atoms with van der Waals surface area (Å²) in [4.78, 5) is 0. The molecule has 0 fully saturated rings. The van der Waals surface area contributed by atoms with Gasteiger partial charge in [0.05, 0.1) is 10.0 Å². The van der Waals surface area contributed by atoms with Crippen molar-refractivity contribution in [2.75, 3.05) is 5.73 Å². The van der Waals surface area contributed by atoms with E-state index in [0.717, 1.165) is 0 Å². The summed E-state index contributed by atoms with van der Waals surface area (Å²) < 4.78 is 0. The van der Waals surface area contributed by atoms with E-state index in [1.165, 1.54) is 12.1 Å². The number of phenols is 1. The number of nitrogens with two attached hydrogens (primary N) is 1. The molecule has 0 radical (unpaired) electrons. The van der Waals surface area contributed by atoms with E-state index in [-0.39, 0.29) is 45.4 Å². The Kier molecular flexibility index (Phi) is 4.59. The quantitative estimate of drug-likeness (QED) is 0.381. The van der Waals surface area contributed by atoms with Crippen molar-refractivity contribution in [3.63, 3.8) is 0 Å². The predicted octanol–water partition coefficient (Wildman–Crippen LogP) is 1.63. The summed E-state index contributed by atoms with van der Waals surface area (Å²) >= 11 is 11.0. The molecule has 3 N–H and O–H groups in total. The molecular formula is C6H6Cl2NNaO. The van der Waals surface area contributed by atoms with Crippen LogP contribution in [0.1, 0.15) is 0 Å². The van der Waals surface area contributed by atoms with Gasteiger partial charge in [0.15, 0.2) is 5.75 Å². The molecule has 0 bridgehead atoms. The summed E-state index contributed by atoms with van der Waals surface area (Å²) in [5.74, 6) is -0.127. The molecule has 0 saturated carbocycles. The second-order valence-electron chi connectivity index (χ2n) is 1.83. The zero-order valence-corrected chi connectivity index (χ0v) is 6.45. The molecule has 1 rings (SSSR count). The molecule has 0 heterocycles. The summed E-state index contributed by atoms with van der Waals surface area (Å²) in [6, 6.07) is 2.87. The van der Waals surface area contributed by atoms with Crippen LogP contribution >= 0.6 is 23.2 Å². The van der Waals surface area contributed by atoms with Crippen molar-refractivity contribution in [2.45, 2.75) is 0 Å². The van der Waals surface area contributed by atoms with Crippen LogP contribution in [0.3, 0.4) is 0 Å². The summed E-state index contributed by atoms with van der Waals surface area (Å²) in [5, 5.41) is 9.35. The first kappa shape index (κ1) is 11.4. The van der Waals surface area contributed by atoms with Gasteiger partial charge >= 0.3 is 29.6 Å². The van der Waals surface area contributed by atoms with Crippen molar-refractivity contribution in [3.8, 4) is 5.75 Å². The van der Waals surface area contributed by atoms with E-state index in [2.05, 4.69) is 0 Å². The average molecular weight is 202 g/mol. The maximum absolute atomic E-state index is 9.01. The van der Waals surface area contributed by atoms with Crippen LogP contribution in [0.5, 0.6) is 5.75 Å². The van der Waals surface area contributed by atoms with Crippen molar-refractivity contribution in [1.82, 2.24) is 0 Å². The van der Waals surface area contributed by atoms with Gasteiger partial charge in [-0.15, -0.1) is 0 Å². The Morgan fingerprint density at radius 1 is 1.18 bits per heavy atom. The molecule has 1 aromatic carbocycles. The fourth-order valence-electron chi connectivity index (χ4n) is 0.585. The molecule has 0 aromatic heterocycles. The molecule has 56 valence electrons. The van der Waals surface area contributed by atoms with E-state index in [1.807, 2.05) is 0 Å². The van der Waals surface area contributed by atoms with Crippen LogP contribution in [-0.4, -0.2) is 34.7 Å². The van der Waals surface area contributed by atoms with Crippen molar-refractivity contribution in [3.05, 3.63) is 22.2 Å². The molecular weight excluding hydrogens is 196 g/mol. The molecule has 0 atom stereocenters. The number of nitrogen functional groups attached to an aromatic ring is 1. The molecule has 0 amide bonds. The number of hydrogen-bond acceptors (Lipinski definition) is 2. The standard InChI is InChI=1S/C6H5Cl2NO.Na.H/c7-4-1-3(9)2-5(8)6(4)10;;/h1-2,10H,9H2;;. The number of phenolic OH excluding ortho intramolecular Hbond substituents is 1. The van der Waals surface area contributed by atoms with Crippen LogP contribution < -0.4 is 5.73 Å². The SMILES string of the molecule is Nc1cc(Cl)c(O)c(Cl)c1.[NaH]. The summed E-state index contributed by atoms with van der Waals surface area (Å²) in [5.41, 5.74) is 5.79. The van der Waals surface area contributed by atoms with E-state index in [0.29, 0.717) is 5.69 Å². The summed E-state index contributed by atoms with van der Waals surface area (Å²) in [6.45, 7) is 0. The number of rotatable bonds is 0. The van der Waals surface area contributed by atoms with Crippen LogP contribution in [-0.2, 0) is 0 Å². The summed E-state index contributed by atoms with van der Waals surface area (Å²) in [6.07, 6.45) is 0. The van der Waals surface area contributed by atoms with E-state index >= 15 is 0 Å². The van der Waals surface area contributed by atoms with Gasteiger partial charge in [0.25, 0.3) is 0 Å². The molecule has 0 aliphatic rings. The van der Waals surface area contributed by atoms with Crippen molar-refractivity contribution >= 4 is 58.4 Å². The van der Waals surface area contributed by atoms with Crippen LogP contribution in [0.2, 0.25) is 10.0 Å². The molecule has 0 aliphatic carbocycles. The zero-order valence-electron chi connectivity index (χ0n) is 4.94. The molecule has 0 unspecified atom stereocenters. The van der Waals surface area contributed by atoms with Crippen molar-refractivity contribution in [1.29, 1.82) is 0 Å².